The monoisotopic (exact) mass is 268 g/mol. The van der Waals surface area contributed by atoms with Gasteiger partial charge in [-0.25, -0.2) is 4.79 Å². The molecule has 0 bridgehead atoms. The molecule has 19 heavy (non-hydrogen) atoms. The van der Waals surface area contributed by atoms with E-state index in [0.29, 0.717) is 18.3 Å². The summed E-state index contributed by atoms with van der Waals surface area (Å²) < 4.78 is 0. The van der Waals surface area contributed by atoms with E-state index in [2.05, 4.69) is 10.6 Å². The minimum atomic E-state index is -0.781. The average Bonchev–Trinajstić information content (AvgIpc) is 3.18. The number of carbonyl (C=O) groups excluding carboxylic acids is 1. The Labute approximate surface area is 114 Å². The SMILES string of the molecule is CC(CCCC(=O)O)NC(=O)NCC1(C2CC2)CC1. The maximum atomic E-state index is 11.7. The smallest absolute Gasteiger partial charge is 0.315 e. The Morgan fingerprint density at radius 3 is 2.58 bits per heavy atom. The van der Waals surface area contributed by atoms with Gasteiger partial charge in [-0.1, -0.05) is 0 Å². The molecular formula is C14H24N2O3. The highest BCUT2D eigenvalue weighted by atomic mass is 16.4. The van der Waals surface area contributed by atoms with Crippen LogP contribution in [0.15, 0.2) is 0 Å². The number of carboxylic acids is 1. The number of rotatable bonds is 8. The van der Waals surface area contributed by atoms with Gasteiger partial charge in [0.2, 0.25) is 0 Å². The van der Waals surface area contributed by atoms with Gasteiger partial charge in [-0.2, -0.15) is 0 Å². The molecule has 2 rings (SSSR count). The number of hydrogen-bond acceptors (Lipinski definition) is 2. The number of hydrogen-bond donors (Lipinski definition) is 3. The van der Waals surface area contributed by atoms with Gasteiger partial charge in [0, 0.05) is 19.0 Å². The molecule has 5 nitrogen and oxygen atoms in total. The molecule has 1 atom stereocenters. The van der Waals surface area contributed by atoms with Gasteiger partial charge in [-0.3, -0.25) is 4.79 Å². The molecule has 2 saturated carbocycles. The van der Waals surface area contributed by atoms with Gasteiger partial charge in [0.1, 0.15) is 0 Å². The Kier molecular flexibility index (Phi) is 4.32. The lowest BCUT2D eigenvalue weighted by Gasteiger charge is -2.18. The summed E-state index contributed by atoms with van der Waals surface area (Å²) in [5, 5.41) is 14.4. The molecular weight excluding hydrogens is 244 g/mol. The number of urea groups is 1. The van der Waals surface area contributed by atoms with Crippen LogP contribution in [-0.4, -0.2) is 29.7 Å². The summed E-state index contributed by atoms with van der Waals surface area (Å²) >= 11 is 0. The summed E-state index contributed by atoms with van der Waals surface area (Å²) in [7, 11) is 0. The predicted octanol–water partition coefficient (Wildman–Crippen LogP) is 2.12. The van der Waals surface area contributed by atoms with E-state index in [-0.39, 0.29) is 18.5 Å². The maximum Gasteiger partial charge on any atom is 0.315 e. The lowest BCUT2D eigenvalue weighted by Crippen LogP contribution is -2.43. The van der Waals surface area contributed by atoms with Gasteiger partial charge >= 0.3 is 12.0 Å². The standard InChI is InChI=1S/C14H24N2O3/c1-10(3-2-4-12(17)18)16-13(19)15-9-14(7-8-14)11-5-6-11/h10-11H,2-9H2,1H3,(H,17,18)(H2,15,16,19). The van der Waals surface area contributed by atoms with E-state index in [1.807, 2.05) is 6.92 Å². The van der Waals surface area contributed by atoms with Crippen molar-refractivity contribution in [2.24, 2.45) is 11.3 Å². The van der Waals surface area contributed by atoms with E-state index in [1.54, 1.807) is 0 Å². The van der Waals surface area contributed by atoms with Gasteiger partial charge in [0.15, 0.2) is 0 Å². The molecule has 0 radical (unpaired) electrons. The Hall–Kier alpha value is -1.26. The van der Waals surface area contributed by atoms with Crippen molar-refractivity contribution in [2.75, 3.05) is 6.54 Å². The van der Waals surface area contributed by atoms with Crippen LogP contribution in [-0.2, 0) is 4.79 Å². The number of aliphatic carboxylic acids is 1. The van der Waals surface area contributed by atoms with Gasteiger partial charge in [-0.15, -0.1) is 0 Å². The van der Waals surface area contributed by atoms with Crippen LogP contribution in [0.5, 0.6) is 0 Å². The molecule has 2 aliphatic carbocycles. The van der Waals surface area contributed by atoms with Gasteiger partial charge in [0.25, 0.3) is 0 Å². The third-order valence-corrected chi connectivity index (χ3v) is 4.34. The summed E-state index contributed by atoms with van der Waals surface area (Å²) in [4.78, 5) is 22.1. The van der Waals surface area contributed by atoms with Gasteiger partial charge in [0.05, 0.1) is 0 Å². The topological polar surface area (TPSA) is 78.4 Å². The fraction of sp³-hybridized carbons (Fsp3) is 0.857. The summed E-state index contributed by atoms with van der Waals surface area (Å²) in [5.41, 5.74) is 0.421. The van der Waals surface area contributed by atoms with E-state index in [9.17, 15) is 9.59 Å². The van der Waals surface area contributed by atoms with Crippen molar-refractivity contribution in [2.45, 2.75) is 57.9 Å². The van der Waals surface area contributed by atoms with Crippen LogP contribution < -0.4 is 10.6 Å². The number of nitrogens with one attached hydrogen (secondary N) is 2. The highest BCUT2D eigenvalue weighted by molar-refractivity contribution is 5.74. The first-order valence-corrected chi connectivity index (χ1v) is 7.28. The zero-order valence-electron chi connectivity index (χ0n) is 11.6. The zero-order chi connectivity index (χ0) is 13.9. The second-order valence-corrected chi connectivity index (χ2v) is 6.15. The van der Waals surface area contributed by atoms with E-state index in [1.165, 1.54) is 25.7 Å². The van der Waals surface area contributed by atoms with Crippen molar-refractivity contribution in [1.82, 2.24) is 10.6 Å². The number of amides is 2. The normalized spacial score (nSPS) is 21.5. The predicted molar refractivity (Wildman–Crippen MR) is 71.9 cm³/mol. The Morgan fingerprint density at radius 1 is 1.37 bits per heavy atom. The Bertz CT molecular complexity index is 349. The second kappa shape index (κ2) is 5.80. The largest absolute Gasteiger partial charge is 0.481 e. The van der Waals surface area contributed by atoms with Crippen LogP contribution in [0, 0.1) is 11.3 Å². The number of carbonyl (C=O) groups is 2. The molecule has 0 saturated heterocycles. The van der Waals surface area contributed by atoms with Crippen molar-refractivity contribution >= 4 is 12.0 Å². The summed E-state index contributed by atoms with van der Waals surface area (Å²) in [6.45, 7) is 2.71. The molecule has 0 aromatic carbocycles. The molecule has 3 N–H and O–H groups in total. The third-order valence-electron chi connectivity index (χ3n) is 4.34. The molecule has 5 heteroatoms. The van der Waals surface area contributed by atoms with Crippen molar-refractivity contribution in [3.63, 3.8) is 0 Å². The van der Waals surface area contributed by atoms with Crippen molar-refractivity contribution in [3.05, 3.63) is 0 Å². The molecule has 0 spiro atoms. The maximum absolute atomic E-state index is 11.7. The Morgan fingerprint density at radius 2 is 2.05 bits per heavy atom. The van der Waals surface area contributed by atoms with Crippen LogP contribution in [0.4, 0.5) is 4.79 Å². The van der Waals surface area contributed by atoms with Crippen molar-refractivity contribution in [3.8, 4) is 0 Å². The molecule has 108 valence electrons. The van der Waals surface area contributed by atoms with Crippen LogP contribution in [0.3, 0.4) is 0 Å². The first kappa shape index (κ1) is 14.2. The lowest BCUT2D eigenvalue weighted by atomic mass is 10.0. The molecule has 2 aliphatic rings. The van der Waals surface area contributed by atoms with E-state index in [4.69, 9.17) is 5.11 Å². The molecule has 0 heterocycles. The zero-order valence-corrected chi connectivity index (χ0v) is 11.6. The molecule has 1 unspecified atom stereocenters. The minimum absolute atomic E-state index is 0.0235. The first-order valence-electron chi connectivity index (χ1n) is 7.28. The van der Waals surface area contributed by atoms with Crippen molar-refractivity contribution < 1.29 is 14.7 Å². The second-order valence-electron chi connectivity index (χ2n) is 6.15. The third kappa shape index (κ3) is 4.40. The highest BCUT2D eigenvalue weighted by Gasteiger charge is 2.53. The van der Waals surface area contributed by atoms with Gasteiger partial charge in [-0.05, 0) is 56.8 Å². The van der Waals surface area contributed by atoms with E-state index in [0.717, 1.165) is 12.5 Å². The minimum Gasteiger partial charge on any atom is -0.481 e. The molecule has 2 fully saturated rings. The lowest BCUT2D eigenvalue weighted by molar-refractivity contribution is -0.137. The summed E-state index contributed by atoms with van der Waals surface area (Å²) in [6.07, 6.45) is 6.64. The van der Waals surface area contributed by atoms with Crippen molar-refractivity contribution in [1.29, 1.82) is 0 Å². The van der Waals surface area contributed by atoms with Crippen LogP contribution in [0.25, 0.3) is 0 Å². The molecule has 0 aromatic heterocycles. The van der Waals surface area contributed by atoms with E-state index >= 15 is 0 Å². The van der Waals surface area contributed by atoms with Gasteiger partial charge < -0.3 is 15.7 Å². The van der Waals surface area contributed by atoms with E-state index < -0.39 is 5.97 Å². The Balaban J connectivity index is 1.57. The molecule has 2 amide bonds. The van der Waals surface area contributed by atoms with Crippen LogP contribution in [0.2, 0.25) is 0 Å². The van der Waals surface area contributed by atoms with Crippen LogP contribution >= 0.6 is 0 Å². The average molecular weight is 268 g/mol. The fourth-order valence-corrected chi connectivity index (χ4v) is 2.75. The fourth-order valence-electron chi connectivity index (χ4n) is 2.75. The summed E-state index contributed by atoms with van der Waals surface area (Å²) in [6, 6.07) is -0.0924. The number of carboxylic acid groups (broad SMARTS) is 1. The first-order chi connectivity index (χ1) is 9.02. The summed E-state index contributed by atoms with van der Waals surface area (Å²) in [5.74, 6) is 0.0672. The van der Waals surface area contributed by atoms with Crippen LogP contribution in [0.1, 0.15) is 51.9 Å². The molecule has 0 aromatic rings. The molecule has 0 aliphatic heterocycles. The quantitative estimate of drug-likeness (QED) is 0.631. The highest BCUT2D eigenvalue weighted by Crippen LogP contribution is 2.60.